The smallest absolute Gasteiger partial charge is 0.242 e. The second-order valence-corrected chi connectivity index (χ2v) is 5.65. The van der Waals surface area contributed by atoms with E-state index in [2.05, 4.69) is 17.6 Å². The number of carbonyl (C=O) groups is 2. The molecule has 1 aliphatic carbocycles. The zero-order valence-corrected chi connectivity index (χ0v) is 10.9. The highest BCUT2D eigenvalue weighted by atomic mass is 16.2. The summed E-state index contributed by atoms with van der Waals surface area (Å²) in [5.41, 5.74) is 5.90. The van der Waals surface area contributed by atoms with Gasteiger partial charge in [-0.2, -0.15) is 0 Å². The van der Waals surface area contributed by atoms with Crippen LogP contribution in [0.25, 0.3) is 0 Å². The first-order valence-electron chi connectivity index (χ1n) is 6.91. The summed E-state index contributed by atoms with van der Waals surface area (Å²) in [5, 5.41) is 5.68. The third-order valence-corrected chi connectivity index (χ3v) is 4.15. The molecule has 4 N–H and O–H groups in total. The largest absolute Gasteiger partial charge is 0.354 e. The predicted molar refractivity (Wildman–Crippen MR) is 68.7 cm³/mol. The topological polar surface area (TPSA) is 84.2 Å². The normalized spacial score (nSPS) is 36.9. The lowest BCUT2D eigenvalue weighted by atomic mass is 9.77. The van der Waals surface area contributed by atoms with E-state index in [1.165, 1.54) is 0 Å². The molecule has 102 valence electrons. The van der Waals surface area contributed by atoms with Crippen LogP contribution in [0.3, 0.4) is 0 Å². The van der Waals surface area contributed by atoms with Crippen molar-refractivity contribution < 1.29 is 9.59 Å². The number of carbonyl (C=O) groups excluding carboxylic acids is 2. The standard InChI is InChI=1S/C13H23N3O2/c1-8-7-9(14)4-5-10(8)12(17)16-11-3-2-6-15-13(11)18/h8-11H,2-7,14H2,1H3,(H,15,18)(H,16,17). The van der Waals surface area contributed by atoms with Gasteiger partial charge in [-0.3, -0.25) is 9.59 Å². The second-order valence-electron chi connectivity index (χ2n) is 5.65. The molecule has 0 aromatic heterocycles. The molecule has 0 spiro atoms. The molecule has 1 heterocycles. The lowest BCUT2D eigenvalue weighted by Crippen LogP contribution is -2.52. The minimum Gasteiger partial charge on any atom is -0.354 e. The van der Waals surface area contributed by atoms with E-state index < -0.39 is 0 Å². The molecule has 0 radical (unpaired) electrons. The van der Waals surface area contributed by atoms with Crippen LogP contribution < -0.4 is 16.4 Å². The summed E-state index contributed by atoms with van der Waals surface area (Å²) in [7, 11) is 0. The number of rotatable bonds is 2. The minimum absolute atomic E-state index is 0.0135. The predicted octanol–water partition coefficient (Wildman–Crippen LogP) is 0.145. The molecule has 1 saturated heterocycles. The average molecular weight is 253 g/mol. The van der Waals surface area contributed by atoms with E-state index in [1.807, 2.05) is 0 Å². The SMILES string of the molecule is CC1CC(N)CCC1C(=O)NC1CCCNC1=O. The Hall–Kier alpha value is -1.10. The molecule has 5 heteroatoms. The molecule has 0 aromatic carbocycles. The Labute approximate surface area is 108 Å². The van der Waals surface area contributed by atoms with Gasteiger partial charge in [0.15, 0.2) is 0 Å². The van der Waals surface area contributed by atoms with Gasteiger partial charge in [0.25, 0.3) is 0 Å². The number of nitrogens with one attached hydrogen (secondary N) is 2. The average Bonchev–Trinajstić information content (AvgIpc) is 2.32. The Morgan fingerprint density at radius 1 is 1.39 bits per heavy atom. The van der Waals surface area contributed by atoms with Crippen LogP contribution >= 0.6 is 0 Å². The first kappa shape index (κ1) is 13.3. The van der Waals surface area contributed by atoms with Crippen LogP contribution in [0.15, 0.2) is 0 Å². The van der Waals surface area contributed by atoms with Crippen molar-refractivity contribution in [1.29, 1.82) is 0 Å². The number of hydrogen-bond acceptors (Lipinski definition) is 3. The summed E-state index contributed by atoms with van der Waals surface area (Å²) in [4.78, 5) is 23.8. The Bertz CT molecular complexity index is 332. The lowest BCUT2D eigenvalue weighted by Gasteiger charge is -2.33. The maximum atomic E-state index is 12.2. The fourth-order valence-electron chi connectivity index (χ4n) is 3.02. The first-order valence-corrected chi connectivity index (χ1v) is 6.91. The fourth-order valence-corrected chi connectivity index (χ4v) is 3.02. The van der Waals surface area contributed by atoms with Crippen molar-refractivity contribution >= 4 is 11.8 Å². The molecular weight excluding hydrogens is 230 g/mol. The summed E-state index contributed by atoms with van der Waals surface area (Å²) in [6.07, 6.45) is 4.32. The molecule has 18 heavy (non-hydrogen) atoms. The first-order chi connectivity index (χ1) is 8.58. The van der Waals surface area contributed by atoms with Crippen molar-refractivity contribution in [2.24, 2.45) is 17.6 Å². The molecule has 4 unspecified atom stereocenters. The Kier molecular flexibility index (Phi) is 4.22. The summed E-state index contributed by atoms with van der Waals surface area (Å²) in [5.74, 6) is 0.297. The summed E-state index contributed by atoms with van der Waals surface area (Å²) in [6, 6.07) is -0.115. The van der Waals surface area contributed by atoms with Gasteiger partial charge in [-0.25, -0.2) is 0 Å². The van der Waals surface area contributed by atoms with E-state index in [-0.39, 0.29) is 29.8 Å². The van der Waals surface area contributed by atoms with Crippen LogP contribution in [0.1, 0.15) is 39.0 Å². The van der Waals surface area contributed by atoms with Crippen molar-refractivity contribution in [1.82, 2.24) is 10.6 Å². The number of amides is 2. The van der Waals surface area contributed by atoms with Crippen LogP contribution in [0.2, 0.25) is 0 Å². The van der Waals surface area contributed by atoms with Crippen molar-refractivity contribution in [2.75, 3.05) is 6.54 Å². The number of piperidine rings is 1. The van der Waals surface area contributed by atoms with E-state index in [4.69, 9.17) is 5.73 Å². The highest BCUT2D eigenvalue weighted by molar-refractivity contribution is 5.89. The van der Waals surface area contributed by atoms with Gasteiger partial charge in [0.05, 0.1) is 0 Å². The molecule has 1 saturated carbocycles. The summed E-state index contributed by atoms with van der Waals surface area (Å²) < 4.78 is 0. The third kappa shape index (κ3) is 3.02. The Morgan fingerprint density at radius 2 is 2.17 bits per heavy atom. The van der Waals surface area contributed by atoms with Gasteiger partial charge in [-0.1, -0.05) is 6.92 Å². The van der Waals surface area contributed by atoms with Crippen molar-refractivity contribution in [3.8, 4) is 0 Å². The summed E-state index contributed by atoms with van der Waals surface area (Å²) in [6.45, 7) is 2.80. The molecule has 4 atom stereocenters. The second kappa shape index (κ2) is 5.69. The van der Waals surface area contributed by atoms with E-state index in [1.54, 1.807) is 0 Å². The molecule has 0 bridgehead atoms. The van der Waals surface area contributed by atoms with E-state index in [9.17, 15) is 9.59 Å². The van der Waals surface area contributed by atoms with Gasteiger partial charge in [0, 0.05) is 18.5 Å². The Morgan fingerprint density at radius 3 is 2.83 bits per heavy atom. The van der Waals surface area contributed by atoms with Gasteiger partial charge in [-0.15, -0.1) is 0 Å². The lowest BCUT2D eigenvalue weighted by molar-refractivity contribution is -0.133. The number of nitrogens with two attached hydrogens (primary N) is 1. The number of hydrogen-bond donors (Lipinski definition) is 3. The zero-order chi connectivity index (χ0) is 13.1. The highest BCUT2D eigenvalue weighted by Gasteiger charge is 2.33. The molecular formula is C13H23N3O2. The molecule has 5 nitrogen and oxygen atoms in total. The van der Waals surface area contributed by atoms with Crippen LogP contribution in [0, 0.1) is 11.8 Å². The van der Waals surface area contributed by atoms with Crippen molar-refractivity contribution in [2.45, 2.75) is 51.1 Å². The monoisotopic (exact) mass is 253 g/mol. The quantitative estimate of drug-likeness (QED) is 0.654. The highest BCUT2D eigenvalue weighted by Crippen LogP contribution is 2.29. The van der Waals surface area contributed by atoms with Crippen LogP contribution in [-0.4, -0.2) is 30.4 Å². The van der Waals surface area contributed by atoms with Gasteiger partial charge in [-0.05, 0) is 38.0 Å². The molecule has 2 rings (SSSR count). The maximum absolute atomic E-state index is 12.2. The molecule has 1 aliphatic heterocycles. The van der Waals surface area contributed by atoms with E-state index in [0.29, 0.717) is 5.92 Å². The molecule has 2 aliphatic rings. The van der Waals surface area contributed by atoms with E-state index >= 15 is 0 Å². The van der Waals surface area contributed by atoms with Crippen molar-refractivity contribution in [3.05, 3.63) is 0 Å². The van der Waals surface area contributed by atoms with Gasteiger partial charge in [0.2, 0.25) is 11.8 Å². The summed E-state index contributed by atoms with van der Waals surface area (Å²) >= 11 is 0. The maximum Gasteiger partial charge on any atom is 0.242 e. The molecule has 2 amide bonds. The van der Waals surface area contributed by atoms with Crippen LogP contribution in [0.5, 0.6) is 0 Å². The fraction of sp³-hybridized carbons (Fsp3) is 0.846. The van der Waals surface area contributed by atoms with Crippen molar-refractivity contribution in [3.63, 3.8) is 0 Å². The minimum atomic E-state index is -0.339. The molecule has 0 aromatic rings. The Balaban J connectivity index is 1.89. The van der Waals surface area contributed by atoms with Crippen LogP contribution in [0.4, 0.5) is 0 Å². The van der Waals surface area contributed by atoms with Gasteiger partial charge in [0.1, 0.15) is 6.04 Å². The van der Waals surface area contributed by atoms with Crippen LogP contribution in [-0.2, 0) is 9.59 Å². The molecule has 2 fully saturated rings. The third-order valence-electron chi connectivity index (χ3n) is 4.15. The van der Waals surface area contributed by atoms with E-state index in [0.717, 1.165) is 38.6 Å². The van der Waals surface area contributed by atoms with Gasteiger partial charge >= 0.3 is 0 Å². The van der Waals surface area contributed by atoms with Gasteiger partial charge < -0.3 is 16.4 Å². The zero-order valence-electron chi connectivity index (χ0n) is 10.9.